The summed E-state index contributed by atoms with van der Waals surface area (Å²) in [5.41, 5.74) is 4.09. The second-order valence-corrected chi connectivity index (χ2v) is 8.15. The summed E-state index contributed by atoms with van der Waals surface area (Å²) in [5.74, 6) is -0.606. The predicted molar refractivity (Wildman–Crippen MR) is 101 cm³/mol. The van der Waals surface area contributed by atoms with Crippen molar-refractivity contribution in [3.63, 3.8) is 0 Å². The molecule has 0 aromatic heterocycles. The smallest absolute Gasteiger partial charge is 0.373 e. The molecule has 0 amide bonds. The third kappa shape index (κ3) is 1.49. The first-order valence-corrected chi connectivity index (χ1v) is 9.93. The summed E-state index contributed by atoms with van der Waals surface area (Å²) < 4.78 is 0.698. The quantitative estimate of drug-likeness (QED) is 0.660. The lowest BCUT2D eigenvalue weighted by Crippen LogP contribution is -2.44. The summed E-state index contributed by atoms with van der Waals surface area (Å²) in [6, 6.07) is 17.3. The minimum atomic E-state index is -0.712. The molecule has 134 valence electrons. The molecule has 2 aromatic carbocycles. The lowest BCUT2D eigenvalue weighted by atomic mass is 9.76. The van der Waals surface area contributed by atoms with Gasteiger partial charge in [0.25, 0.3) is 5.54 Å². The van der Waals surface area contributed by atoms with Gasteiger partial charge in [0.15, 0.2) is 0 Å². The Morgan fingerprint density at radius 1 is 1.00 bits per heavy atom. The Kier molecular flexibility index (Phi) is 3.21. The highest BCUT2D eigenvalue weighted by Gasteiger charge is 2.95. The van der Waals surface area contributed by atoms with Crippen molar-refractivity contribution in [2.75, 3.05) is 13.1 Å². The molecule has 2 fully saturated rings. The van der Waals surface area contributed by atoms with E-state index < -0.39 is 17.0 Å². The number of quaternary nitrogens is 1. The molecular formula is C23H26NO2+. The minimum absolute atomic E-state index is 0.423. The maximum absolute atomic E-state index is 12.9. The van der Waals surface area contributed by atoms with Crippen LogP contribution in [0.25, 0.3) is 0 Å². The van der Waals surface area contributed by atoms with Gasteiger partial charge in [-0.3, -0.25) is 4.48 Å². The largest absolute Gasteiger partial charge is 0.476 e. The molecule has 0 bridgehead atoms. The lowest BCUT2D eigenvalue weighted by Gasteiger charge is -2.29. The highest BCUT2D eigenvalue weighted by Crippen LogP contribution is 2.74. The van der Waals surface area contributed by atoms with E-state index in [1.807, 2.05) is 0 Å². The van der Waals surface area contributed by atoms with E-state index in [1.54, 1.807) is 0 Å². The Morgan fingerprint density at radius 3 is 2.08 bits per heavy atom. The van der Waals surface area contributed by atoms with Gasteiger partial charge in [0, 0.05) is 17.5 Å². The molecule has 5 rings (SSSR count). The summed E-state index contributed by atoms with van der Waals surface area (Å²) in [6.07, 6.45) is 4.90. The van der Waals surface area contributed by atoms with Crippen LogP contribution in [-0.4, -0.2) is 34.2 Å². The van der Waals surface area contributed by atoms with Gasteiger partial charge in [0.1, 0.15) is 0 Å². The van der Waals surface area contributed by atoms with Gasteiger partial charge in [-0.2, -0.15) is 0 Å². The van der Waals surface area contributed by atoms with Crippen LogP contribution in [0.5, 0.6) is 0 Å². The Balaban J connectivity index is 1.93. The summed E-state index contributed by atoms with van der Waals surface area (Å²) >= 11 is 0. The molecular weight excluding hydrogens is 322 g/mol. The fourth-order valence-corrected chi connectivity index (χ4v) is 6.81. The van der Waals surface area contributed by atoms with E-state index in [0.29, 0.717) is 4.48 Å². The Hall–Kier alpha value is -2.13. The van der Waals surface area contributed by atoms with E-state index in [9.17, 15) is 9.90 Å². The molecule has 0 saturated carbocycles. The molecule has 2 aliphatic heterocycles. The van der Waals surface area contributed by atoms with Crippen molar-refractivity contribution in [1.82, 2.24) is 0 Å². The number of hydrogen-bond donors (Lipinski definition) is 1. The second-order valence-electron chi connectivity index (χ2n) is 8.15. The number of fused-ring (bicyclic) bond motifs is 7. The fraction of sp³-hybridized carbons (Fsp3) is 0.435. The number of aliphatic carboxylic acids is 1. The number of carboxylic acid groups (broad SMARTS) is 1. The van der Waals surface area contributed by atoms with Crippen LogP contribution in [0, 0.1) is 0 Å². The second kappa shape index (κ2) is 5.20. The first-order chi connectivity index (χ1) is 12.7. The number of carboxylic acids is 1. The zero-order chi connectivity index (χ0) is 18.0. The molecule has 1 aliphatic carbocycles. The Labute approximate surface area is 154 Å². The zero-order valence-electron chi connectivity index (χ0n) is 15.4. The molecule has 3 nitrogen and oxygen atoms in total. The van der Waals surface area contributed by atoms with Crippen molar-refractivity contribution in [3.8, 4) is 0 Å². The van der Waals surface area contributed by atoms with Gasteiger partial charge < -0.3 is 5.11 Å². The average Bonchev–Trinajstić information content (AvgIpc) is 3.30. The van der Waals surface area contributed by atoms with Crippen molar-refractivity contribution in [1.29, 1.82) is 0 Å². The van der Waals surface area contributed by atoms with Gasteiger partial charge >= 0.3 is 5.97 Å². The number of rotatable bonds is 2. The molecule has 1 spiro atoms. The molecule has 2 aromatic rings. The van der Waals surface area contributed by atoms with E-state index >= 15 is 0 Å². The highest BCUT2D eigenvalue weighted by atomic mass is 16.4. The molecule has 3 heteroatoms. The van der Waals surface area contributed by atoms with Gasteiger partial charge in [-0.05, 0) is 43.7 Å². The average molecular weight is 348 g/mol. The highest BCUT2D eigenvalue weighted by molar-refractivity contribution is 5.86. The first-order valence-electron chi connectivity index (χ1n) is 9.93. The van der Waals surface area contributed by atoms with E-state index in [4.69, 9.17) is 0 Å². The van der Waals surface area contributed by atoms with E-state index in [1.165, 1.54) is 22.3 Å². The Morgan fingerprint density at radius 2 is 1.58 bits per heavy atom. The Bertz CT molecular complexity index is 857. The van der Waals surface area contributed by atoms with Gasteiger partial charge in [-0.1, -0.05) is 48.5 Å². The minimum Gasteiger partial charge on any atom is -0.476 e. The number of piperidine rings is 1. The van der Waals surface area contributed by atoms with Gasteiger partial charge in [-0.25, -0.2) is 4.79 Å². The maximum atomic E-state index is 12.9. The van der Waals surface area contributed by atoms with Crippen LogP contribution in [0.4, 0.5) is 0 Å². The summed E-state index contributed by atoms with van der Waals surface area (Å²) in [6.45, 7) is 4.02. The first kappa shape index (κ1) is 16.1. The topological polar surface area (TPSA) is 37.3 Å². The summed E-state index contributed by atoms with van der Waals surface area (Å²) in [5, 5.41) is 10.6. The molecule has 1 N–H and O–H groups in total. The summed E-state index contributed by atoms with van der Waals surface area (Å²) in [4.78, 5) is 12.9. The number of nitrogens with zero attached hydrogens (tertiary/aromatic N) is 1. The van der Waals surface area contributed by atoms with Crippen LogP contribution in [0.2, 0.25) is 0 Å². The van der Waals surface area contributed by atoms with Crippen molar-refractivity contribution >= 4 is 5.97 Å². The summed E-state index contributed by atoms with van der Waals surface area (Å²) in [7, 11) is 0. The SMILES string of the molecule is CC[N@+]12CCCCC1(C(=O)O)C21c2ccccc2CCc2ccccc21. The van der Waals surface area contributed by atoms with Crippen LogP contribution >= 0.6 is 0 Å². The third-order valence-electron chi connectivity index (χ3n) is 7.62. The van der Waals surface area contributed by atoms with E-state index in [0.717, 1.165) is 45.2 Å². The van der Waals surface area contributed by atoms with Crippen molar-refractivity contribution in [2.24, 2.45) is 0 Å². The van der Waals surface area contributed by atoms with Crippen LogP contribution < -0.4 is 0 Å². The number of aryl methyl sites for hydroxylation is 2. The van der Waals surface area contributed by atoms with Gasteiger partial charge in [0.2, 0.25) is 5.54 Å². The van der Waals surface area contributed by atoms with Crippen molar-refractivity contribution < 1.29 is 14.4 Å². The monoisotopic (exact) mass is 348 g/mol. The molecule has 3 aliphatic rings. The zero-order valence-corrected chi connectivity index (χ0v) is 15.4. The predicted octanol–water partition coefficient (Wildman–Crippen LogP) is 3.89. The number of likely N-dealkylation sites (N-methyl/N-ethyl adjacent to an activating group) is 1. The fourth-order valence-electron chi connectivity index (χ4n) is 6.81. The number of hydrogen-bond acceptors (Lipinski definition) is 1. The number of benzene rings is 2. The normalized spacial score (nSPS) is 30.7. The van der Waals surface area contributed by atoms with Crippen LogP contribution in [0.15, 0.2) is 48.5 Å². The van der Waals surface area contributed by atoms with Crippen molar-refractivity contribution in [3.05, 3.63) is 70.8 Å². The molecule has 1 unspecified atom stereocenters. The van der Waals surface area contributed by atoms with E-state index in [2.05, 4.69) is 55.5 Å². The molecule has 2 atom stereocenters. The molecule has 0 radical (unpaired) electrons. The third-order valence-corrected chi connectivity index (χ3v) is 7.62. The van der Waals surface area contributed by atoms with Gasteiger partial charge in [-0.15, -0.1) is 0 Å². The molecule has 26 heavy (non-hydrogen) atoms. The number of carbonyl (C=O) groups is 1. The van der Waals surface area contributed by atoms with Crippen LogP contribution in [-0.2, 0) is 23.2 Å². The van der Waals surface area contributed by atoms with E-state index in [-0.39, 0.29) is 0 Å². The van der Waals surface area contributed by atoms with Crippen LogP contribution in [0.1, 0.15) is 48.4 Å². The van der Waals surface area contributed by atoms with Crippen molar-refractivity contribution in [2.45, 2.75) is 50.1 Å². The molecule has 2 heterocycles. The maximum Gasteiger partial charge on any atom is 0.373 e. The van der Waals surface area contributed by atoms with Gasteiger partial charge in [0.05, 0.1) is 13.1 Å². The van der Waals surface area contributed by atoms with Crippen LogP contribution in [0.3, 0.4) is 0 Å². The standard InChI is InChI=1S/C23H25NO2/c1-2-24-16-8-7-15-22(24,21(25)26)23(24)19-11-5-3-9-17(19)13-14-18-10-4-6-12-20(18)23/h3-6,9-12H,2,7-8,13-16H2,1H3/p+1/t22?,24-/m0/s1. The lowest BCUT2D eigenvalue weighted by molar-refractivity contribution is -0.853. The molecule has 2 saturated heterocycles.